The van der Waals surface area contributed by atoms with Crippen LogP contribution >= 0.6 is 27.7 Å². The number of aromatic nitrogens is 2. The molecule has 0 aliphatic heterocycles. The van der Waals surface area contributed by atoms with Gasteiger partial charge in [0.25, 0.3) is 0 Å². The molecule has 20 heavy (non-hydrogen) atoms. The quantitative estimate of drug-likeness (QED) is 0.658. The molecule has 0 spiro atoms. The molecule has 0 saturated heterocycles. The molecule has 4 nitrogen and oxygen atoms in total. The Balaban J connectivity index is 1.81. The lowest BCUT2D eigenvalue weighted by Crippen LogP contribution is -2.13. The molecule has 1 amide bonds. The summed E-state index contributed by atoms with van der Waals surface area (Å²) in [5.74, 6) is -0.171. The normalized spacial score (nSPS) is 10.3. The Morgan fingerprint density at radius 2 is 2.10 bits per heavy atom. The number of anilines is 1. The van der Waals surface area contributed by atoms with Crippen molar-refractivity contribution in [2.24, 2.45) is 0 Å². The molecular formula is C13H11BrFN3OS. The lowest BCUT2D eigenvalue weighted by atomic mass is 10.3. The van der Waals surface area contributed by atoms with Crippen molar-refractivity contribution in [3.63, 3.8) is 0 Å². The summed E-state index contributed by atoms with van der Waals surface area (Å²) >= 11 is 4.54. The van der Waals surface area contributed by atoms with E-state index < -0.39 is 5.82 Å². The van der Waals surface area contributed by atoms with Crippen LogP contribution in [0.2, 0.25) is 0 Å². The summed E-state index contributed by atoms with van der Waals surface area (Å²) < 4.78 is 14.2. The third-order valence-electron chi connectivity index (χ3n) is 2.31. The topological polar surface area (TPSA) is 54.9 Å². The van der Waals surface area contributed by atoms with Crippen LogP contribution < -0.4 is 5.32 Å². The van der Waals surface area contributed by atoms with Crippen molar-refractivity contribution in [1.82, 2.24) is 9.97 Å². The molecule has 0 radical (unpaired) electrons. The molecule has 0 fully saturated rings. The second-order valence-electron chi connectivity index (χ2n) is 3.80. The van der Waals surface area contributed by atoms with Crippen LogP contribution in [0, 0.1) is 5.82 Å². The summed E-state index contributed by atoms with van der Waals surface area (Å²) in [6.07, 6.45) is 3.55. The molecule has 2 rings (SSSR count). The minimum atomic E-state index is -0.466. The number of nitrogens with zero attached hydrogens (tertiary/aromatic N) is 2. The highest BCUT2D eigenvalue weighted by atomic mass is 79.9. The number of thioether (sulfide) groups is 1. The molecule has 0 aliphatic carbocycles. The van der Waals surface area contributed by atoms with Crippen molar-refractivity contribution in [2.45, 2.75) is 11.6 Å². The number of rotatable bonds is 5. The van der Waals surface area contributed by atoms with E-state index in [1.54, 1.807) is 24.5 Å². The Bertz CT molecular complexity index is 597. The molecule has 1 aromatic carbocycles. The summed E-state index contributed by atoms with van der Waals surface area (Å²) in [7, 11) is 0. The van der Waals surface area contributed by atoms with Crippen LogP contribution in [0.25, 0.3) is 0 Å². The Kier molecular flexibility index (Phi) is 5.49. The summed E-state index contributed by atoms with van der Waals surface area (Å²) in [4.78, 5) is 19.8. The predicted octanol–water partition coefficient (Wildman–Crippen LogP) is 3.50. The van der Waals surface area contributed by atoms with Gasteiger partial charge in [0, 0.05) is 29.0 Å². The summed E-state index contributed by atoms with van der Waals surface area (Å²) in [5, 5.41) is 3.16. The molecule has 1 aromatic heterocycles. The van der Waals surface area contributed by atoms with Crippen LogP contribution in [0.4, 0.5) is 10.1 Å². The van der Waals surface area contributed by atoms with E-state index in [0.29, 0.717) is 15.4 Å². The highest BCUT2D eigenvalue weighted by Crippen LogP contribution is 2.20. The van der Waals surface area contributed by atoms with Gasteiger partial charge in [0.2, 0.25) is 5.91 Å². The van der Waals surface area contributed by atoms with Gasteiger partial charge in [0.1, 0.15) is 5.82 Å². The second-order valence-corrected chi connectivity index (χ2v) is 5.78. The third-order valence-corrected chi connectivity index (χ3v) is 3.68. The molecule has 0 unspecified atom stereocenters. The Morgan fingerprint density at radius 3 is 2.80 bits per heavy atom. The number of carbonyl (C=O) groups excluding carboxylic acids is 1. The van der Waals surface area contributed by atoms with Crippen molar-refractivity contribution in [1.29, 1.82) is 0 Å². The van der Waals surface area contributed by atoms with E-state index in [2.05, 4.69) is 31.2 Å². The van der Waals surface area contributed by atoms with Gasteiger partial charge in [0.05, 0.1) is 5.69 Å². The van der Waals surface area contributed by atoms with E-state index in [1.165, 1.54) is 23.9 Å². The average Bonchev–Trinajstić information content (AvgIpc) is 2.43. The van der Waals surface area contributed by atoms with Crippen molar-refractivity contribution in [3.05, 3.63) is 46.9 Å². The van der Waals surface area contributed by atoms with Crippen molar-refractivity contribution >= 4 is 39.3 Å². The maximum absolute atomic E-state index is 13.5. The largest absolute Gasteiger partial charge is 0.324 e. The summed E-state index contributed by atoms with van der Waals surface area (Å²) in [5.41, 5.74) is 0.180. The molecule has 0 atom stereocenters. The first-order valence-corrected chi connectivity index (χ1v) is 7.58. The van der Waals surface area contributed by atoms with Gasteiger partial charge in [-0.2, -0.15) is 0 Å². The first kappa shape index (κ1) is 14.9. The van der Waals surface area contributed by atoms with Crippen LogP contribution in [0.3, 0.4) is 0 Å². The number of amides is 1. The fourth-order valence-electron chi connectivity index (χ4n) is 1.40. The van der Waals surface area contributed by atoms with Gasteiger partial charge >= 0.3 is 0 Å². The number of hydrogen-bond donors (Lipinski definition) is 1. The second kappa shape index (κ2) is 7.35. The number of benzene rings is 1. The molecule has 1 heterocycles. The number of nitrogens with one attached hydrogen (secondary N) is 1. The smallest absolute Gasteiger partial charge is 0.225 e. The fraction of sp³-hybridized carbons (Fsp3) is 0.154. The van der Waals surface area contributed by atoms with Crippen molar-refractivity contribution in [2.75, 3.05) is 11.1 Å². The fourth-order valence-corrected chi connectivity index (χ4v) is 2.47. The Hall–Kier alpha value is -1.47. The highest BCUT2D eigenvalue weighted by molar-refractivity contribution is 9.10. The zero-order valence-corrected chi connectivity index (χ0v) is 12.7. The van der Waals surface area contributed by atoms with Crippen molar-refractivity contribution < 1.29 is 9.18 Å². The number of hydrogen-bond acceptors (Lipinski definition) is 4. The standard InChI is InChI=1S/C13H11BrFN3OS/c14-9-2-3-11(10(15)8-9)18-12(19)4-7-20-13-16-5-1-6-17-13/h1-3,5-6,8H,4,7H2,(H,18,19). The van der Waals surface area contributed by atoms with Crippen LogP contribution in [0.15, 0.2) is 46.3 Å². The van der Waals surface area contributed by atoms with Crippen LogP contribution in [0.5, 0.6) is 0 Å². The van der Waals surface area contributed by atoms with Gasteiger partial charge in [-0.05, 0) is 24.3 Å². The maximum Gasteiger partial charge on any atom is 0.225 e. The van der Waals surface area contributed by atoms with Crippen LogP contribution in [-0.4, -0.2) is 21.6 Å². The minimum Gasteiger partial charge on any atom is -0.324 e. The molecule has 2 aromatic rings. The Labute approximate surface area is 128 Å². The van der Waals surface area contributed by atoms with E-state index in [0.717, 1.165) is 0 Å². The molecule has 104 valence electrons. The molecular weight excluding hydrogens is 345 g/mol. The highest BCUT2D eigenvalue weighted by Gasteiger charge is 2.08. The van der Waals surface area contributed by atoms with Crippen molar-refractivity contribution in [3.8, 4) is 0 Å². The minimum absolute atomic E-state index is 0.180. The molecule has 0 saturated carbocycles. The summed E-state index contributed by atoms with van der Waals surface area (Å²) in [6.45, 7) is 0. The van der Waals surface area contributed by atoms with Crippen LogP contribution in [0.1, 0.15) is 6.42 Å². The average molecular weight is 356 g/mol. The van der Waals surface area contributed by atoms with Gasteiger partial charge in [-0.1, -0.05) is 27.7 Å². The van der Waals surface area contributed by atoms with Gasteiger partial charge < -0.3 is 5.32 Å². The molecule has 7 heteroatoms. The lowest BCUT2D eigenvalue weighted by molar-refractivity contribution is -0.115. The lowest BCUT2D eigenvalue weighted by Gasteiger charge is -2.06. The third kappa shape index (κ3) is 4.57. The zero-order valence-electron chi connectivity index (χ0n) is 10.3. The van der Waals surface area contributed by atoms with E-state index >= 15 is 0 Å². The maximum atomic E-state index is 13.5. The SMILES string of the molecule is O=C(CCSc1ncccn1)Nc1ccc(Br)cc1F. The monoisotopic (exact) mass is 355 g/mol. The van der Waals surface area contributed by atoms with Gasteiger partial charge in [-0.15, -0.1) is 0 Å². The Morgan fingerprint density at radius 1 is 1.35 bits per heavy atom. The first-order chi connectivity index (χ1) is 9.65. The molecule has 0 bridgehead atoms. The first-order valence-electron chi connectivity index (χ1n) is 5.80. The van der Waals surface area contributed by atoms with Gasteiger partial charge in [-0.3, -0.25) is 4.79 Å². The van der Waals surface area contributed by atoms with E-state index in [4.69, 9.17) is 0 Å². The predicted molar refractivity (Wildman–Crippen MR) is 80.1 cm³/mol. The molecule has 1 N–H and O–H groups in total. The number of halogens is 2. The molecule has 0 aliphatic rings. The van der Waals surface area contributed by atoms with Gasteiger partial charge in [0.15, 0.2) is 5.16 Å². The van der Waals surface area contributed by atoms with E-state index in [1.807, 2.05) is 0 Å². The number of carbonyl (C=O) groups is 1. The van der Waals surface area contributed by atoms with E-state index in [9.17, 15) is 9.18 Å². The summed E-state index contributed by atoms with van der Waals surface area (Å²) in [6, 6.07) is 6.23. The van der Waals surface area contributed by atoms with Crippen LogP contribution in [-0.2, 0) is 4.79 Å². The van der Waals surface area contributed by atoms with E-state index in [-0.39, 0.29) is 18.0 Å². The van der Waals surface area contributed by atoms with Gasteiger partial charge in [-0.25, -0.2) is 14.4 Å². The zero-order chi connectivity index (χ0) is 14.4.